The molecule has 0 amide bonds. The minimum absolute atomic E-state index is 0.333. The fourth-order valence-corrected chi connectivity index (χ4v) is 3.85. The summed E-state index contributed by atoms with van der Waals surface area (Å²) < 4.78 is 6.21. The van der Waals surface area contributed by atoms with Crippen molar-refractivity contribution in [2.75, 3.05) is 0 Å². The third-order valence-corrected chi connectivity index (χ3v) is 4.97. The van der Waals surface area contributed by atoms with Crippen molar-refractivity contribution in [1.82, 2.24) is 0 Å². The van der Waals surface area contributed by atoms with Gasteiger partial charge in [-0.05, 0) is 30.2 Å². The van der Waals surface area contributed by atoms with E-state index in [1.54, 1.807) is 0 Å². The van der Waals surface area contributed by atoms with Crippen molar-refractivity contribution in [3.63, 3.8) is 0 Å². The van der Waals surface area contributed by atoms with Crippen LogP contribution in [0.4, 0.5) is 5.69 Å². The number of hydrogen-bond acceptors (Lipinski definition) is 2. The zero-order chi connectivity index (χ0) is 16.1. The van der Waals surface area contributed by atoms with E-state index in [1.165, 1.54) is 10.9 Å². The zero-order valence-electron chi connectivity index (χ0n) is 13.5. The molecule has 0 saturated heterocycles. The number of rotatable bonds is 2. The lowest BCUT2D eigenvalue weighted by Gasteiger charge is -2.12. The monoisotopic (exact) mass is 311 g/mol. The Morgan fingerprint density at radius 1 is 0.875 bits per heavy atom. The molecule has 1 aromatic heterocycles. The molecule has 0 N–H and O–H groups in total. The van der Waals surface area contributed by atoms with Gasteiger partial charge in [0.25, 0.3) is 0 Å². The normalized spacial score (nSPS) is 16.5. The molecule has 1 aliphatic heterocycles. The van der Waals surface area contributed by atoms with Crippen LogP contribution in [0, 0.1) is 0 Å². The number of nitrogens with zero attached hydrogens (tertiary/aromatic N) is 1. The van der Waals surface area contributed by atoms with Crippen molar-refractivity contribution in [1.29, 1.82) is 0 Å². The molecule has 1 aliphatic rings. The number of furan rings is 1. The van der Waals surface area contributed by atoms with E-state index >= 15 is 0 Å². The highest BCUT2D eigenvalue weighted by Gasteiger charge is 2.28. The van der Waals surface area contributed by atoms with Crippen molar-refractivity contribution in [2.45, 2.75) is 19.3 Å². The van der Waals surface area contributed by atoms with E-state index < -0.39 is 0 Å². The van der Waals surface area contributed by atoms with Crippen molar-refractivity contribution < 1.29 is 4.42 Å². The molecule has 4 aromatic rings. The fourth-order valence-electron chi connectivity index (χ4n) is 3.85. The lowest BCUT2D eigenvalue weighted by molar-refractivity contribution is 0.667. The Balaban J connectivity index is 1.78. The summed E-state index contributed by atoms with van der Waals surface area (Å²) in [5, 5.41) is 2.33. The van der Waals surface area contributed by atoms with Gasteiger partial charge in [0, 0.05) is 22.3 Å². The van der Waals surface area contributed by atoms with Gasteiger partial charge in [-0.15, -0.1) is 0 Å². The second-order valence-corrected chi connectivity index (χ2v) is 6.30. The van der Waals surface area contributed by atoms with Crippen LogP contribution in [-0.2, 0) is 0 Å². The first-order valence-corrected chi connectivity index (χ1v) is 8.45. The molecule has 0 saturated carbocycles. The van der Waals surface area contributed by atoms with Gasteiger partial charge in [0.15, 0.2) is 0 Å². The van der Waals surface area contributed by atoms with Crippen LogP contribution >= 0.6 is 0 Å². The van der Waals surface area contributed by atoms with Gasteiger partial charge in [0.1, 0.15) is 11.2 Å². The Labute approximate surface area is 140 Å². The first kappa shape index (κ1) is 13.6. The van der Waals surface area contributed by atoms with Crippen LogP contribution in [0.1, 0.15) is 30.4 Å². The minimum Gasteiger partial charge on any atom is -0.455 e. The largest absolute Gasteiger partial charge is 0.455 e. The van der Waals surface area contributed by atoms with E-state index in [-0.39, 0.29) is 0 Å². The molecule has 2 heteroatoms. The molecule has 0 radical (unpaired) electrons. The number of aliphatic imine (C=N–C) groups is 1. The van der Waals surface area contributed by atoms with Gasteiger partial charge in [0.2, 0.25) is 0 Å². The van der Waals surface area contributed by atoms with E-state index in [4.69, 9.17) is 9.41 Å². The average Bonchev–Trinajstić information content (AvgIpc) is 3.19. The lowest BCUT2D eigenvalue weighted by atomic mass is 9.89. The highest BCUT2D eigenvalue weighted by molar-refractivity contribution is 6.19. The summed E-state index contributed by atoms with van der Waals surface area (Å²) in [6.07, 6.45) is 1.03. The number of benzene rings is 3. The summed E-state index contributed by atoms with van der Waals surface area (Å²) in [7, 11) is 0. The van der Waals surface area contributed by atoms with Crippen molar-refractivity contribution in [2.24, 2.45) is 4.99 Å². The summed E-state index contributed by atoms with van der Waals surface area (Å²) in [4.78, 5) is 4.95. The average molecular weight is 311 g/mol. The van der Waals surface area contributed by atoms with E-state index in [1.807, 2.05) is 12.1 Å². The van der Waals surface area contributed by atoms with Crippen molar-refractivity contribution in [3.8, 4) is 0 Å². The van der Waals surface area contributed by atoms with E-state index in [0.717, 1.165) is 39.9 Å². The summed E-state index contributed by atoms with van der Waals surface area (Å²) in [5.74, 6) is 0.333. The highest BCUT2D eigenvalue weighted by atomic mass is 16.3. The molecule has 2 nitrogen and oxygen atoms in total. The Morgan fingerprint density at radius 3 is 2.58 bits per heavy atom. The molecule has 0 spiro atoms. The molecule has 116 valence electrons. The summed E-state index contributed by atoms with van der Waals surface area (Å²) >= 11 is 0. The predicted molar refractivity (Wildman–Crippen MR) is 99.4 cm³/mol. The van der Waals surface area contributed by atoms with Crippen LogP contribution in [-0.4, -0.2) is 5.71 Å². The summed E-state index contributed by atoms with van der Waals surface area (Å²) in [6.45, 7) is 2.22. The van der Waals surface area contributed by atoms with Crippen LogP contribution < -0.4 is 0 Å². The van der Waals surface area contributed by atoms with Gasteiger partial charge >= 0.3 is 0 Å². The molecule has 0 aliphatic carbocycles. The molecule has 1 unspecified atom stereocenters. The molecule has 0 bridgehead atoms. The number of para-hydroxylation sites is 3. The molecule has 2 heterocycles. The second-order valence-electron chi connectivity index (χ2n) is 6.30. The van der Waals surface area contributed by atoms with Crippen LogP contribution in [0.2, 0.25) is 0 Å². The third kappa shape index (κ3) is 1.80. The van der Waals surface area contributed by atoms with Gasteiger partial charge in [0.05, 0.1) is 11.4 Å². The Morgan fingerprint density at radius 2 is 1.67 bits per heavy atom. The van der Waals surface area contributed by atoms with Crippen molar-refractivity contribution in [3.05, 3.63) is 77.9 Å². The zero-order valence-corrected chi connectivity index (χ0v) is 13.5. The van der Waals surface area contributed by atoms with E-state index in [0.29, 0.717) is 5.92 Å². The lowest BCUT2D eigenvalue weighted by Crippen LogP contribution is -2.09. The third-order valence-electron chi connectivity index (χ3n) is 4.97. The molecule has 3 aromatic carbocycles. The highest BCUT2D eigenvalue weighted by Crippen LogP contribution is 2.41. The van der Waals surface area contributed by atoms with Crippen LogP contribution in [0.15, 0.2) is 76.1 Å². The topological polar surface area (TPSA) is 25.5 Å². The summed E-state index contributed by atoms with van der Waals surface area (Å²) in [5.41, 5.74) is 6.54. The first-order chi connectivity index (χ1) is 11.9. The van der Waals surface area contributed by atoms with Gasteiger partial charge in [-0.1, -0.05) is 55.5 Å². The maximum atomic E-state index is 6.21. The van der Waals surface area contributed by atoms with Gasteiger partial charge in [-0.25, -0.2) is 0 Å². The smallest absolute Gasteiger partial charge is 0.144 e. The fraction of sp³-hybridized carbons (Fsp3) is 0.136. The standard InChI is InChI=1S/C22H17NO/c1-2-14-15-8-3-5-12-19(15)23-21(14)18-11-7-10-17-16-9-4-6-13-20(16)24-22(17)18/h3-14H,2H2,1H3. The maximum absolute atomic E-state index is 6.21. The number of fused-ring (bicyclic) bond motifs is 4. The molecule has 1 atom stereocenters. The molecule has 24 heavy (non-hydrogen) atoms. The predicted octanol–water partition coefficient (Wildman–Crippen LogP) is 6.21. The van der Waals surface area contributed by atoms with Crippen LogP contribution in [0.3, 0.4) is 0 Å². The molecular formula is C22H17NO. The summed E-state index contributed by atoms with van der Waals surface area (Å²) in [6, 6.07) is 23.0. The van der Waals surface area contributed by atoms with Crippen LogP contribution in [0.25, 0.3) is 21.9 Å². The Hall–Kier alpha value is -2.87. The van der Waals surface area contributed by atoms with E-state index in [9.17, 15) is 0 Å². The van der Waals surface area contributed by atoms with Gasteiger partial charge in [-0.2, -0.15) is 0 Å². The van der Waals surface area contributed by atoms with Gasteiger partial charge in [-0.3, -0.25) is 4.99 Å². The Kier molecular flexibility index (Phi) is 2.86. The van der Waals surface area contributed by atoms with Crippen molar-refractivity contribution >= 4 is 33.3 Å². The maximum Gasteiger partial charge on any atom is 0.144 e. The molecule has 5 rings (SSSR count). The minimum atomic E-state index is 0.333. The van der Waals surface area contributed by atoms with E-state index in [2.05, 4.69) is 61.5 Å². The molecular weight excluding hydrogens is 294 g/mol. The first-order valence-electron chi connectivity index (χ1n) is 8.45. The second kappa shape index (κ2) is 5.07. The quantitative estimate of drug-likeness (QED) is 0.432. The SMILES string of the molecule is CCC1C(c2cccc3c2oc2ccccc23)=Nc2ccccc21. The Bertz CT molecular complexity index is 1100. The van der Waals surface area contributed by atoms with Gasteiger partial charge < -0.3 is 4.42 Å². The molecule has 0 fully saturated rings. The number of hydrogen-bond donors (Lipinski definition) is 0. The van der Waals surface area contributed by atoms with Crippen LogP contribution in [0.5, 0.6) is 0 Å².